The van der Waals surface area contributed by atoms with Crippen molar-refractivity contribution in [2.45, 2.75) is 103 Å². The van der Waals surface area contributed by atoms with Crippen LogP contribution in [-0.4, -0.2) is 47.3 Å². The van der Waals surface area contributed by atoms with Crippen LogP contribution in [0, 0.1) is 0 Å². The molecular weight excluding hydrogens is 332 g/mol. The first kappa shape index (κ1) is 24.9. The van der Waals surface area contributed by atoms with Crippen LogP contribution >= 0.6 is 0 Å². The lowest BCUT2D eigenvalue weighted by atomic mass is 10.1. The molecule has 0 spiro atoms. The molecule has 0 aliphatic rings. The van der Waals surface area contributed by atoms with E-state index in [0.717, 1.165) is 38.5 Å². The summed E-state index contributed by atoms with van der Waals surface area (Å²) >= 11 is 0. The molecule has 6 heteroatoms. The molecule has 0 aromatic carbocycles. The second-order valence-corrected chi connectivity index (χ2v) is 7.01. The van der Waals surface area contributed by atoms with Crippen molar-refractivity contribution in [2.24, 2.45) is 0 Å². The van der Waals surface area contributed by atoms with Crippen molar-refractivity contribution >= 4 is 11.8 Å². The first-order valence-corrected chi connectivity index (χ1v) is 10.5. The number of aliphatic hydroxyl groups is 2. The summed E-state index contributed by atoms with van der Waals surface area (Å²) in [4.78, 5) is 23.6. The summed E-state index contributed by atoms with van der Waals surface area (Å²) in [5, 5.41) is 24.8. The average Bonchev–Trinajstić information content (AvgIpc) is 2.64. The molecule has 0 saturated carbocycles. The summed E-state index contributed by atoms with van der Waals surface area (Å²) in [6, 6.07) is 0. The lowest BCUT2D eigenvalue weighted by molar-refractivity contribution is -0.146. The molecule has 0 aromatic rings. The molecule has 2 unspecified atom stereocenters. The van der Waals surface area contributed by atoms with Crippen LogP contribution in [-0.2, 0) is 9.59 Å². The van der Waals surface area contributed by atoms with Gasteiger partial charge in [-0.2, -0.15) is 0 Å². The molecule has 154 valence electrons. The van der Waals surface area contributed by atoms with Gasteiger partial charge in [0.05, 0.1) is 0 Å². The third-order valence-electron chi connectivity index (χ3n) is 4.50. The summed E-state index contributed by atoms with van der Waals surface area (Å²) in [7, 11) is 0. The van der Waals surface area contributed by atoms with E-state index in [0.29, 0.717) is 13.1 Å². The Bertz CT molecular complexity index is 330. The lowest BCUT2D eigenvalue weighted by Crippen LogP contribution is -2.49. The van der Waals surface area contributed by atoms with Crippen LogP contribution < -0.4 is 10.6 Å². The fourth-order valence-electron chi connectivity index (χ4n) is 2.73. The molecule has 0 aliphatic heterocycles. The summed E-state index contributed by atoms with van der Waals surface area (Å²) in [5.74, 6) is -1.39. The molecule has 0 saturated heterocycles. The maximum atomic E-state index is 11.8. The Hall–Kier alpha value is -1.14. The van der Waals surface area contributed by atoms with Crippen LogP contribution in [0.4, 0.5) is 0 Å². The predicted octanol–water partition coefficient (Wildman–Crippen LogP) is 2.66. The van der Waals surface area contributed by atoms with Crippen LogP contribution in [0.5, 0.6) is 0 Å². The highest BCUT2D eigenvalue weighted by atomic mass is 16.3. The molecule has 2 amide bonds. The van der Waals surface area contributed by atoms with E-state index in [9.17, 15) is 19.8 Å². The standard InChI is InChI=1S/C20H40N2O4/c1-3-5-7-9-11-13-15-21-19(25)17(23)18(24)20(26)22-16-14-12-10-8-6-4-2/h17-18,23-24H,3-16H2,1-2H3,(H,21,25)(H,22,26). The Kier molecular flexibility index (Phi) is 16.5. The number of aliphatic hydroxyl groups excluding tert-OH is 2. The van der Waals surface area contributed by atoms with Gasteiger partial charge in [-0.1, -0.05) is 78.1 Å². The van der Waals surface area contributed by atoms with Crippen molar-refractivity contribution < 1.29 is 19.8 Å². The molecule has 0 bridgehead atoms. The second kappa shape index (κ2) is 17.3. The van der Waals surface area contributed by atoms with Crippen LogP contribution in [0.15, 0.2) is 0 Å². The summed E-state index contributed by atoms with van der Waals surface area (Å²) in [6.07, 6.45) is 9.79. The SMILES string of the molecule is CCCCCCCCNC(=O)C(O)C(O)C(=O)NCCCCCCCC. The molecule has 0 heterocycles. The maximum Gasteiger partial charge on any atom is 0.252 e. The van der Waals surface area contributed by atoms with E-state index in [1.165, 1.54) is 38.5 Å². The van der Waals surface area contributed by atoms with E-state index in [2.05, 4.69) is 24.5 Å². The number of hydrogen-bond acceptors (Lipinski definition) is 4. The van der Waals surface area contributed by atoms with Gasteiger partial charge in [0.1, 0.15) is 0 Å². The highest BCUT2D eigenvalue weighted by molar-refractivity contribution is 5.90. The molecule has 0 fully saturated rings. The van der Waals surface area contributed by atoms with Crippen molar-refractivity contribution in [1.29, 1.82) is 0 Å². The van der Waals surface area contributed by atoms with E-state index in [-0.39, 0.29) is 0 Å². The molecule has 0 rings (SSSR count). The normalized spacial score (nSPS) is 13.2. The van der Waals surface area contributed by atoms with Gasteiger partial charge in [0, 0.05) is 13.1 Å². The number of hydrogen-bond donors (Lipinski definition) is 4. The minimum absolute atomic E-state index is 0.452. The molecule has 0 radical (unpaired) electrons. The number of amides is 2. The molecule has 0 aliphatic carbocycles. The minimum atomic E-state index is -1.72. The van der Waals surface area contributed by atoms with Gasteiger partial charge in [-0.15, -0.1) is 0 Å². The zero-order valence-electron chi connectivity index (χ0n) is 16.8. The lowest BCUT2D eigenvalue weighted by Gasteiger charge is -2.17. The van der Waals surface area contributed by atoms with Crippen LogP contribution in [0.3, 0.4) is 0 Å². The largest absolute Gasteiger partial charge is 0.380 e. The van der Waals surface area contributed by atoms with E-state index in [1.54, 1.807) is 0 Å². The molecular formula is C20H40N2O4. The van der Waals surface area contributed by atoms with Crippen molar-refractivity contribution in [2.75, 3.05) is 13.1 Å². The second-order valence-electron chi connectivity index (χ2n) is 7.01. The highest BCUT2D eigenvalue weighted by Gasteiger charge is 2.29. The zero-order valence-corrected chi connectivity index (χ0v) is 16.8. The Labute approximate surface area is 159 Å². The van der Waals surface area contributed by atoms with Gasteiger partial charge in [0.25, 0.3) is 11.8 Å². The molecule has 0 aromatic heterocycles. The summed E-state index contributed by atoms with van der Waals surface area (Å²) in [6.45, 7) is 5.23. The van der Waals surface area contributed by atoms with Crippen LogP contribution in [0.2, 0.25) is 0 Å². The Morgan fingerprint density at radius 3 is 1.27 bits per heavy atom. The topological polar surface area (TPSA) is 98.7 Å². The van der Waals surface area contributed by atoms with Gasteiger partial charge >= 0.3 is 0 Å². The van der Waals surface area contributed by atoms with E-state index in [1.807, 2.05) is 0 Å². The molecule has 4 N–H and O–H groups in total. The quantitative estimate of drug-likeness (QED) is 0.295. The monoisotopic (exact) mass is 372 g/mol. The van der Waals surface area contributed by atoms with Gasteiger partial charge in [-0.05, 0) is 12.8 Å². The smallest absolute Gasteiger partial charge is 0.252 e. The first-order chi connectivity index (χ1) is 12.5. The third kappa shape index (κ3) is 13.1. The fraction of sp³-hybridized carbons (Fsp3) is 0.900. The van der Waals surface area contributed by atoms with Gasteiger partial charge in [-0.3, -0.25) is 9.59 Å². The van der Waals surface area contributed by atoms with Crippen LogP contribution in [0.25, 0.3) is 0 Å². The Balaban J connectivity index is 3.78. The summed E-state index contributed by atoms with van der Waals surface area (Å²) in [5.41, 5.74) is 0. The van der Waals surface area contributed by atoms with Gasteiger partial charge in [0.15, 0.2) is 12.2 Å². The Morgan fingerprint density at radius 2 is 0.923 bits per heavy atom. The first-order valence-electron chi connectivity index (χ1n) is 10.5. The predicted molar refractivity (Wildman–Crippen MR) is 105 cm³/mol. The van der Waals surface area contributed by atoms with E-state index in [4.69, 9.17) is 0 Å². The molecule has 6 nitrogen and oxygen atoms in total. The number of unbranched alkanes of at least 4 members (excludes halogenated alkanes) is 10. The van der Waals surface area contributed by atoms with Gasteiger partial charge in [-0.25, -0.2) is 0 Å². The number of rotatable bonds is 17. The zero-order chi connectivity index (χ0) is 19.6. The van der Waals surface area contributed by atoms with Gasteiger partial charge < -0.3 is 20.8 Å². The van der Waals surface area contributed by atoms with E-state index < -0.39 is 24.0 Å². The highest BCUT2D eigenvalue weighted by Crippen LogP contribution is 2.05. The molecule has 2 atom stereocenters. The number of nitrogens with one attached hydrogen (secondary N) is 2. The number of carbonyl (C=O) groups is 2. The molecule has 26 heavy (non-hydrogen) atoms. The average molecular weight is 373 g/mol. The maximum absolute atomic E-state index is 11.8. The third-order valence-corrected chi connectivity index (χ3v) is 4.50. The van der Waals surface area contributed by atoms with Crippen molar-refractivity contribution in [1.82, 2.24) is 10.6 Å². The van der Waals surface area contributed by atoms with Crippen molar-refractivity contribution in [3.05, 3.63) is 0 Å². The summed E-state index contributed by atoms with van der Waals surface area (Å²) < 4.78 is 0. The number of carbonyl (C=O) groups excluding carboxylic acids is 2. The Morgan fingerprint density at radius 1 is 0.615 bits per heavy atom. The minimum Gasteiger partial charge on any atom is -0.380 e. The van der Waals surface area contributed by atoms with E-state index >= 15 is 0 Å². The fourth-order valence-corrected chi connectivity index (χ4v) is 2.73. The van der Waals surface area contributed by atoms with Gasteiger partial charge in [0.2, 0.25) is 0 Å². The van der Waals surface area contributed by atoms with Crippen LogP contribution in [0.1, 0.15) is 90.9 Å². The van der Waals surface area contributed by atoms with Crippen molar-refractivity contribution in [3.8, 4) is 0 Å². The van der Waals surface area contributed by atoms with Crippen molar-refractivity contribution in [3.63, 3.8) is 0 Å².